The largest absolute Gasteiger partial charge is 0.282 e. The quantitative estimate of drug-likeness (QED) is 0.435. The highest BCUT2D eigenvalue weighted by Crippen LogP contribution is 2.17. The summed E-state index contributed by atoms with van der Waals surface area (Å²) in [5, 5.41) is 23.0. The minimum Gasteiger partial charge on any atom is -0.267 e. The number of hydrogen-bond acceptors (Lipinski definition) is 6. The molecule has 0 aliphatic carbocycles. The summed E-state index contributed by atoms with van der Waals surface area (Å²) in [7, 11) is 0. The van der Waals surface area contributed by atoms with Crippen LogP contribution in [0.2, 0.25) is 0 Å². The minimum absolute atomic E-state index is 0.0461. The lowest BCUT2D eigenvalue weighted by Gasteiger charge is -2.04. The van der Waals surface area contributed by atoms with Gasteiger partial charge in [0.2, 0.25) is 0 Å². The second kappa shape index (κ2) is 6.87. The molecule has 126 valence electrons. The zero-order chi connectivity index (χ0) is 17.8. The standard InChI is InChI=1S/C16H14N6O3/c1-11(10-21-15-9-5-3-7-13(15)18-20-21)17-19-16(23)12-6-2-4-8-14(12)22(24)25/h2-9H,10H2,1H3,(H,19,23)/b17-11+. The Morgan fingerprint density at radius 2 is 1.96 bits per heavy atom. The fourth-order valence-electron chi connectivity index (χ4n) is 2.32. The molecule has 9 heteroatoms. The molecule has 1 heterocycles. The zero-order valence-corrected chi connectivity index (χ0v) is 13.3. The fourth-order valence-corrected chi connectivity index (χ4v) is 2.32. The Morgan fingerprint density at radius 1 is 1.24 bits per heavy atom. The van der Waals surface area contributed by atoms with Crippen LogP contribution in [0.25, 0.3) is 11.0 Å². The maximum atomic E-state index is 12.1. The van der Waals surface area contributed by atoms with Gasteiger partial charge in [-0.2, -0.15) is 5.10 Å². The van der Waals surface area contributed by atoms with Crippen LogP contribution in [0, 0.1) is 10.1 Å². The fraction of sp³-hybridized carbons (Fsp3) is 0.125. The molecule has 0 fully saturated rings. The van der Waals surface area contributed by atoms with Gasteiger partial charge >= 0.3 is 0 Å². The minimum atomic E-state index is -0.643. The molecule has 0 aliphatic heterocycles. The molecule has 0 bridgehead atoms. The second-order valence-corrected chi connectivity index (χ2v) is 5.30. The van der Waals surface area contributed by atoms with Crippen LogP contribution >= 0.6 is 0 Å². The molecule has 0 saturated heterocycles. The highest BCUT2D eigenvalue weighted by atomic mass is 16.6. The highest BCUT2D eigenvalue weighted by molar-refractivity contribution is 5.98. The number of rotatable bonds is 5. The van der Waals surface area contributed by atoms with Crippen molar-refractivity contribution in [2.24, 2.45) is 5.10 Å². The third-order valence-corrected chi connectivity index (χ3v) is 3.49. The van der Waals surface area contributed by atoms with Crippen molar-refractivity contribution in [3.8, 4) is 0 Å². The van der Waals surface area contributed by atoms with Crippen molar-refractivity contribution < 1.29 is 9.72 Å². The summed E-state index contributed by atoms with van der Waals surface area (Å²) < 4.78 is 1.66. The van der Waals surface area contributed by atoms with E-state index in [9.17, 15) is 14.9 Å². The maximum Gasteiger partial charge on any atom is 0.282 e. The molecule has 3 aromatic rings. The van der Waals surface area contributed by atoms with Crippen LogP contribution < -0.4 is 5.43 Å². The third-order valence-electron chi connectivity index (χ3n) is 3.49. The molecule has 25 heavy (non-hydrogen) atoms. The first-order chi connectivity index (χ1) is 12.1. The molecule has 1 N–H and O–H groups in total. The Morgan fingerprint density at radius 3 is 2.76 bits per heavy atom. The number of carbonyl (C=O) groups is 1. The monoisotopic (exact) mass is 338 g/mol. The summed E-state index contributed by atoms with van der Waals surface area (Å²) >= 11 is 0. The topological polar surface area (TPSA) is 115 Å². The lowest BCUT2D eigenvalue weighted by Crippen LogP contribution is -2.21. The van der Waals surface area contributed by atoms with Crippen LogP contribution in [0.4, 0.5) is 5.69 Å². The number of hydrogen-bond donors (Lipinski definition) is 1. The maximum absolute atomic E-state index is 12.1. The number of hydrazone groups is 1. The van der Waals surface area contributed by atoms with Crippen LogP contribution in [0.15, 0.2) is 53.6 Å². The molecule has 0 unspecified atom stereocenters. The average molecular weight is 338 g/mol. The summed E-state index contributed by atoms with van der Waals surface area (Å²) in [5.74, 6) is -0.643. The van der Waals surface area contributed by atoms with Crippen molar-refractivity contribution in [2.75, 3.05) is 0 Å². The van der Waals surface area contributed by atoms with Crippen molar-refractivity contribution in [2.45, 2.75) is 13.5 Å². The van der Waals surface area contributed by atoms with Gasteiger partial charge in [0.05, 0.1) is 22.7 Å². The Kier molecular flexibility index (Phi) is 4.46. The second-order valence-electron chi connectivity index (χ2n) is 5.30. The number of nitro groups is 1. The Hall–Kier alpha value is -3.62. The van der Waals surface area contributed by atoms with Gasteiger partial charge in [-0.1, -0.05) is 29.5 Å². The molecule has 0 atom stereocenters. The normalized spacial score (nSPS) is 11.5. The first-order valence-corrected chi connectivity index (χ1v) is 7.41. The van der Waals surface area contributed by atoms with Gasteiger partial charge in [0.25, 0.3) is 11.6 Å². The van der Waals surface area contributed by atoms with Gasteiger partial charge in [-0.15, -0.1) is 5.10 Å². The van der Waals surface area contributed by atoms with E-state index < -0.39 is 10.8 Å². The van der Waals surface area contributed by atoms with E-state index in [-0.39, 0.29) is 11.3 Å². The van der Waals surface area contributed by atoms with E-state index in [4.69, 9.17) is 0 Å². The number of amides is 1. The van der Waals surface area contributed by atoms with Gasteiger partial charge in [-0.05, 0) is 25.1 Å². The molecule has 1 amide bonds. The first-order valence-electron chi connectivity index (χ1n) is 7.41. The summed E-state index contributed by atoms with van der Waals surface area (Å²) in [5.41, 5.74) is 4.21. The first kappa shape index (κ1) is 16.2. The van der Waals surface area contributed by atoms with Crippen molar-refractivity contribution >= 4 is 28.3 Å². The van der Waals surface area contributed by atoms with E-state index in [1.54, 1.807) is 17.7 Å². The molecule has 9 nitrogen and oxygen atoms in total. The van der Waals surface area contributed by atoms with Gasteiger partial charge in [0, 0.05) is 6.07 Å². The van der Waals surface area contributed by atoms with Crippen molar-refractivity contribution in [3.63, 3.8) is 0 Å². The smallest absolute Gasteiger partial charge is 0.267 e. The van der Waals surface area contributed by atoms with Gasteiger partial charge in [-0.25, -0.2) is 10.1 Å². The Balaban J connectivity index is 1.73. The lowest BCUT2D eigenvalue weighted by molar-refractivity contribution is -0.385. The van der Waals surface area contributed by atoms with E-state index >= 15 is 0 Å². The Labute approximate surface area is 142 Å². The molecular weight excluding hydrogens is 324 g/mol. The van der Waals surface area contributed by atoms with Gasteiger partial charge in [0.1, 0.15) is 11.1 Å². The van der Waals surface area contributed by atoms with E-state index in [0.29, 0.717) is 12.3 Å². The van der Waals surface area contributed by atoms with E-state index in [2.05, 4.69) is 20.8 Å². The summed E-state index contributed by atoms with van der Waals surface area (Å²) in [6.45, 7) is 2.05. The van der Waals surface area contributed by atoms with Crippen molar-refractivity contribution in [1.29, 1.82) is 0 Å². The molecule has 1 aromatic heterocycles. The Bertz CT molecular complexity index is 979. The number of nitrogens with one attached hydrogen (secondary N) is 1. The number of fused-ring (bicyclic) bond motifs is 1. The number of benzene rings is 2. The predicted octanol–water partition coefficient (Wildman–Crippen LogP) is 2.15. The number of nitrogens with zero attached hydrogens (tertiary/aromatic N) is 5. The number of para-hydroxylation sites is 2. The summed E-state index contributed by atoms with van der Waals surface area (Å²) in [6.07, 6.45) is 0. The number of nitro benzene ring substituents is 1. The lowest BCUT2D eigenvalue weighted by atomic mass is 10.2. The molecular formula is C16H14N6O3. The van der Waals surface area contributed by atoms with Crippen molar-refractivity contribution in [3.05, 3.63) is 64.2 Å². The van der Waals surface area contributed by atoms with Crippen LogP contribution in [-0.4, -0.2) is 31.5 Å². The zero-order valence-electron chi connectivity index (χ0n) is 13.3. The van der Waals surface area contributed by atoms with E-state index in [1.807, 2.05) is 24.3 Å². The van der Waals surface area contributed by atoms with Gasteiger partial charge < -0.3 is 0 Å². The number of carbonyl (C=O) groups excluding carboxylic acids is 1. The molecule has 2 aromatic carbocycles. The number of aromatic nitrogens is 3. The molecule has 0 saturated carbocycles. The highest BCUT2D eigenvalue weighted by Gasteiger charge is 2.18. The summed E-state index contributed by atoms with van der Waals surface area (Å²) in [4.78, 5) is 22.5. The predicted molar refractivity (Wildman–Crippen MR) is 91.2 cm³/mol. The molecule has 3 rings (SSSR count). The van der Waals surface area contributed by atoms with Crippen LogP contribution in [0.1, 0.15) is 17.3 Å². The molecule has 0 radical (unpaired) electrons. The summed E-state index contributed by atoms with van der Waals surface area (Å²) in [6, 6.07) is 13.2. The van der Waals surface area contributed by atoms with Gasteiger partial charge in [0.15, 0.2) is 0 Å². The van der Waals surface area contributed by atoms with E-state index in [1.165, 1.54) is 18.2 Å². The van der Waals surface area contributed by atoms with Crippen LogP contribution in [-0.2, 0) is 6.54 Å². The van der Waals surface area contributed by atoms with Crippen LogP contribution in [0.3, 0.4) is 0 Å². The van der Waals surface area contributed by atoms with Crippen molar-refractivity contribution in [1.82, 2.24) is 20.4 Å². The molecule has 0 aliphatic rings. The van der Waals surface area contributed by atoms with Crippen LogP contribution in [0.5, 0.6) is 0 Å². The molecule has 0 spiro atoms. The van der Waals surface area contributed by atoms with E-state index in [0.717, 1.165) is 11.0 Å². The third kappa shape index (κ3) is 3.50. The SMILES string of the molecule is C/C(Cn1nnc2ccccc21)=N\NC(=O)c1ccccc1[N+](=O)[O-]. The average Bonchev–Trinajstić information content (AvgIpc) is 3.02. The van der Waals surface area contributed by atoms with Gasteiger partial charge in [-0.3, -0.25) is 14.9 Å².